The Bertz CT molecular complexity index is 1710. The van der Waals surface area contributed by atoms with Gasteiger partial charge in [0.25, 0.3) is 0 Å². The summed E-state index contributed by atoms with van der Waals surface area (Å²) < 4.78 is 27.4. The molecule has 0 bridgehead atoms. The van der Waals surface area contributed by atoms with Gasteiger partial charge in [0.2, 0.25) is 6.29 Å². The van der Waals surface area contributed by atoms with E-state index >= 15 is 0 Å². The van der Waals surface area contributed by atoms with Gasteiger partial charge in [0.05, 0.1) is 24.3 Å². The summed E-state index contributed by atoms with van der Waals surface area (Å²) in [6, 6.07) is 22.0. The minimum atomic E-state index is -1.11. The molecule has 0 aliphatic carbocycles. The molecule has 1 unspecified atom stereocenters. The number of esters is 3. The quantitative estimate of drug-likeness (QED) is 0.0315. The molecule has 4 rings (SSSR count). The first-order valence-electron chi connectivity index (χ1n) is 15.4. The van der Waals surface area contributed by atoms with Crippen molar-refractivity contribution in [3.05, 3.63) is 121 Å². The fourth-order valence-corrected chi connectivity index (χ4v) is 4.60. The smallest absolute Gasteiger partial charge is 0.343 e. The number of aryl methyl sites for hydroxylation is 1. The van der Waals surface area contributed by atoms with E-state index in [0.717, 1.165) is 42.5 Å². The Morgan fingerprint density at radius 1 is 0.723 bits per heavy atom. The zero-order valence-corrected chi connectivity index (χ0v) is 26.3. The van der Waals surface area contributed by atoms with Crippen molar-refractivity contribution in [2.75, 3.05) is 13.2 Å². The minimum absolute atomic E-state index is 0.330. The molecule has 0 aliphatic rings. The normalized spacial score (nSPS) is 11.3. The molecule has 1 atom stereocenters. The molecule has 0 saturated carbocycles. The van der Waals surface area contributed by atoms with E-state index in [4.69, 9.17) is 23.7 Å². The van der Waals surface area contributed by atoms with Crippen LogP contribution in [0.15, 0.2) is 104 Å². The number of carbonyl (C=O) groups is 3. The summed E-state index contributed by atoms with van der Waals surface area (Å²) in [6.45, 7) is 9.68. The first kappa shape index (κ1) is 34.5. The summed E-state index contributed by atoms with van der Waals surface area (Å²) in [5, 5.41) is 11.3. The van der Waals surface area contributed by atoms with Gasteiger partial charge >= 0.3 is 17.9 Å². The molecule has 0 aliphatic heterocycles. The van der Waals surface area contributed by atoms with E-state index in [2.05, 4.69) is 13.2 Å². The second kappa shape index (κ2) is 17.3. The van der Waals surface area contributed by atoms with Crippen LogP contribution in [-0.4, -0.2) is 42.5 Å². The molecule has 0 saturated heterocycles. The summed E-state index contributed by atoms with van der Waals surface area (Å²) in [5.41, 5.74) is 1.44. The fourth-order valence-electron chi connectivity index (χ4n) is 4.60. The highest BCUT2D eigenvalue weighted by atomic mass is 16.6. The van der Waals surface area contributed by atoms with E-state index in [1.807, 2.05) is 6.92 Å². The van der Waals surface area contributed by atoms with Crippen molar-refractivity contribution in [1.29, 1.82) is 0 Å². The monoisotopic (exact) mass is 638 g/mol. The van der Waals surface area contributed by atoms with E-state index in [0.29, 0.717) is 59.3 Å². The number of aliphatic hydroxyl groups is 1. The lowest BCUT2D eigenvalue weighted by Gasteiger charge is -2.12. The molecule has 0 heterocycles. The minimum Gasteiger partial charge on any atom is -0.494 e. The Labute approximate surface area is 274 Å². The van der Waals surface area contributed by atoms with Gasteiger partial charge in [0, 0.05) is 6.08 Å². The predicted molar refractivity (Wildman–Crippen MR) is 178 cm³/mol. The van der Waals surface area contributed by atoms with E-state index in [1.165, 1.54) is 6.08 Å². The van der Waals surface area contributed by atoms with Gasteiger partial charge in [0.1, 0.15) is 23.0 Å². The molecule has 0 radical (unpaired) electrons. The second-order valence-electron chi connectivity index (χ2n) is 10.5. The molecule has 1 N–H and O–H groups in total. The topological polar surface area (TPSA) is 118 Å². The van der Waals surface area contributed by atoms with Gasteiger partial charge in [-0.25, -0.2) is 14.4 Å². The maximum Gasteiger partial charge on any atom is 0.343 e. The standard InChI is InChI=1S/C38H38O9/c1-4-26-24-33(46-37(41)27-13-16-31(17-14-27)43-21-9-7-8-10-22-44-35(39)5-2)19-20-34(26)47-38(42)30-12-11-29-25-32(45-36(40)6-3)18-15-28(29)23-30/h5-6,11-20,23-25,36,40H,2-4,7-10,21-22H2,1H3. The van der Waals surface area contributed by atoms with Crippen LogP contribution in [0.25, 0.3) is 10.8 Å². The molecule has 4 aromatic carbocycles. The lowest BCUT2D eigenvalue weighted by molar-refractivity contribution is -0.137. The fraction of sp³-hybridized carbons (Fsp3) is 0.237. The largest absolute Gasteiger partial charge is 0.494 e. The van der Waals surface area contributed by atoms with Crippen LogP contribution in [0.1, 0.15) is 58.9 Å². The van der Waals surface area contributed by atoms with Gasteiger partial charge in [-0.05, 0) is 121 Å². The van der Waals surface area contributed by atoms with Crippen molar-refractivity contribution in [2.45, 2.75) is 45.3 Å². The summed E-state index contributed by atoms with van der Waals surface area (Å²) in [7, 11) is 0. The Morgan fingerprint density at radius 2 is 1.36 bits per heavy atom. The highest BCUT2D eigenvalue weighted by molar-refractivity contribution is 5.97. The van der Waals surface area contributed by atoms with Crippen molar-refractivity contribution in [3.8, 4) is 23.0 Å². The average Bonchev–Trinajstić information content (AvgIpc) is 3.09. The highest BCUT2D eigenvalue weighted by Crippen LogP contribution is 2.28. The van der Waals surface area contributed by atoms with E-state index in [9.17, 15) is 19.5 Å². The Kier molecular flexibility index (Phi) is 12.7. The van der Waals surface area contributed by atoms with Crippen LogP contribution in [0.2, 0.25) is 0 Å². The first-order valence-corrected chi connectivity index (χ1v) is 15.4. The molecule has 0 spiro atoms. The third-order valence-electron chi connectivity index (χ3n) is 7.14. The van der Waals surface area contributed by atoms with Crippen LogP contribution in [0.5, 0.6) is 23.0 Å². The van der Waals surface area contributed by atoms with Crippen LogP contribution in [-0.2, 0) is 16.0 Å². The molecule has 244 valence electrons. The maximum absolute atomic E-state index is 13.0. The van der Waals surface area contributed by atoms with Crippen molar-refractivity contribution in [1.82, 2.24) is 0 Å². The van der Waals surface area contributed by atoms with Gasteiger partial charge in [-0.2, -0.15) is 0 Å². The number of ether oxygens (including phenoxy) is 5. The third kappa shape index (κ3) is 10.3. The number of unbranched alkanes of at least 4 members (excludes halogenated alkanes) is 3. The molecule has 0 fully saturated rings. The van der Waals surface area contributed by atoms with Gasteiger partial charge < -0.3 is 28.8 Å². The van der Waals surface area contributed by atoms with Crippen LogP contribution in [0, 0.1) is 0 Å². The zero-order chi connectivity index (χ0) is 33.6. The van der Waals surface area contributed by atoms with Crippen LogP contribution >= 0.6 is 0 Å². The summed E-state index contributed by atoms with van der Waals surface area (Å²) in [6.07, 6.45) is 5.37. The van der Waals surface area contributed by atoms with E-state index in [-0.39, 0.29) is 0 Å². The summed E-state index contributed by atoms with van der Waals surface area (Å²) in [4.78, 5) is 36.8. The van der Waals surface area contributed by atoms with E-state index in [1.54, 1.807) is 78.9 Å². The van der Waals surface area contributed by atoms with Gasteiger partial charge in [-0.1, -0.05) is 32.2 Å². The van der Waals surface area contributed by atoms with Crippen LogP contribution < -0.4 is 18.9 Å². The number of carbonyl (C=O) groups excluding carboxylic acids is 3. The lowest BCUT2D eigenvalue weighted by Crippen LogP contribution is -2.11. The molecular formula is C38H38O9. The Hall–Kier alpha value is -5.41. The summed E-state index contributed by atoms with van der Waals surface area (Å²) >= 11 is 0. The predicted octanol–water partition coefficient (Wildman–Crippen LogP) is 7.39. The van der Waals surface area contributed by atoms with E-state index < -0.39 is 24.2 Å². The number of rotatable bonds is 17. The van der Waals surface area contributed by atoms with Gasteiger partial charge in [-0.3, -0.25) is 0 Å². The number of aliphatic hydroxyl groups excluding tert-OH is 1. The Balaban J connectivity index is 1.27. The maximum atomic E-state index is 13.0. The molecule has 0 amide bonds. The highest BCUT2D eigenvalue weighted by Gasteiger charge is 2.15. The van der Waals surface area contributed by atoms with Crippen molar-refractivity contribution >= 4 is 28.7 Å². The third-order valence-corrected chi connectivity index (χ3v) is 7.14. The molecular weight excluding hydrogens is 600 g/mol. The zero-order valence-electron chi connectivity index (χ0n) is 26.3. The number of hydrogen-bond acceptors (Lipinski definition) is 9. The van der Waals surface area contributed by atoms with Crippen molar-refractivity contribution < 1.29 is 43.2 Å². The number of benzene rings is 4. The number of fused-ring (bicyclic) bond motifs is 1. The summed E-state index contributed by atoms with van der Waals surface area (Å²) in [5.74, 6) is 0.368. The van der Waals surface area contributed by atoms with Crippen molar-refractivity contribution in [2.24, 2.45) is 0 Å². The second-order valence-corrected chi connectivity index (χ2v) is 10.5. The molecule has 9 heteroatoms. The Morgan fingerprint density at radius 3 is 2.09 bits per heavy atom. The molecule has 9 nitrogen and oxygen atoms in total. The molecule has 0 aromatic heterocycles. The SMILES string of the molecule is C=CC(=O)OCCCCCCOc1ccc(C(=O)Oc2ccc(OC(=O)c3ccc4cc(OC(O)C=C)ccc4c3)c(CC)c2)cc1. The lowest BCUT2D eigenvalue weighted by atomic mass is 10.1. The molecule has 4 aromatic rings. The van der Waals surface area contributed by atoms with Crippen molar-refractivity contribution in [3.63, 3.8) is 0 Å². The molecule has 47 heavy (non-hydrogen) atoms. The number of hydrogen-bond donors (Lipinski definition) is 1. The van der Waals surface area contributed by atoms with Gasteiger partial charge in [0.15, 0.2) is 0 Å². The first-order chi connectivity index (χ1) is 22.8. The van der Waals surface area contributed by atoms with Crippen LogP contribution in [0.3, 0.4) is 0 Å². The van der Waals surface area contributed by atoms with Gasteiger partial charge in [-0.15, -0.1) is 0 Å². The average molecular weight is 639 g/mol. The van der Waals surface area contributed by atoms with Crippen LogP contribution in [0.4, 0.5) is 0 Å².